The number of hydrogen-bond donors (Lipinski definition) is 2. The van der Waals surface area contributed by atoms with Gasteiger partial charge in [-0.25, -0.2) is 9.59 Å². The number of fused-ring (bicyclic) bond motifs is 1. The van der Waals surface area contributed by atoms with E-state index in [1.807, 2.05) is 0 Å². The van der Waals surface area contributed by atoms with Crippen LogP contribution in [0.15, 0.2) is 33.9 Å². The Balaban J connectivity index is 1.96. The smallest absolute Gasteiger partial charge is 0.329 e. The van der Waals surface area contributed by atoms with Crippen LogP contribution in [0.25, 0.3) is 10.9 Å². The molecule has 0 aliphatic carbocycles. The van der Waals surface area contributed by atoms with Gasteiger partial charge in [0.2, 0.25) is 5.91 Å². The number of carbonyl (C=O) groups is 2. The third-order valence-corrected chi connectivity index (χ3v) is 4.04. The topological polar surface area (TPSA) is 112 Å². The lowest BCUT2D eigenvalue weighted by Gasteiger charge is -2.21. The number of hydrogen-bond acceptors (Lipinski definition) is 4. The lowest BCUT2D eigenvalue weighted by atomic mass is 10.2. The van der Waals surface area contributed by atoms with E-state index in [4.69, 9.17) is 5.11 Å². The lowest BCUT2D eigenvalue weighted by Crippen LogP contribution is -2.46. The second kappa shape index (κ2) is 5.71. The summed E-state index contributed by atoms with van der Waals surface area (Å²) in [5.41, 5.74) is -0.854. The number of aliphatic carboxylic acids is 1. The lowest BCUT2D eigenvalue weighted by molar-refractivity contribution is -0.148. The van der Waals surface area contributed by atoms with Crippen molar-refractivity contribution >= 4 is 22.8 Å². The molecule has 1 fully saturated rings. The average Bonchev–Trinajstić information content (AvgIpc) is 3.01. The molecule has 1 atom stereocenters. The number of nitrogens with zero attached hydrogens (tertiary/aromatic N) is 2. The van der Waals surface area contributed by atoms with Gasteiger partial charge in [-0.15, -0.1) is 0 Å². The molecule has 1 amide bonds. The highest BCUT2D eigenvalue weighted by Gasteiger charge is 2.34. The molecular weight excluding hydrogens is 302 g/mol. The fourth-order valence-corrected chi connectivity index (χ4v) is 2.89. The number of carboxylic acids is 1. The first-order valence-electron chi connectivity index (χ1n) is 7.23. The molecule has 120 valence electrons. The van der Waals surface area contributed by atoms with Crippen LogP contribution in [0.1, 0.15) is 12.8 Å². The van der Waals surface area contributed by atoms with Gasteiger partial charge in [0.25, 0.3) is 5.56 Å². The van der Waals surface area contributed by atoms with E-state index < -0.39 is 35.7 Å². The maximum Gasteiger partial charge on any atom is 0.329 e. The predicted molar refractivity (Wildman–Crippen MR) is 81.2 cm³/mol. The highest BCUT2D eigenvalue weighted by atomic mass is 16.4. The predicted octanol–water partition coefficient (Wildman–Crippen LogP) is -0.235. The Morgan fingerprint density at radius 2 is 2.00 bits per heavy atom. The van der Waals surface area contributed by atoms with Crippen LogP contribution in [-0.4, -0.2) is 44.0 Å². The van der Waals surface area contributed by atoms with Crippen LogP contribution in [0.3, 0.4) is 0 Å². The minimum atomic E-state index is -1.07. The maximum atomic E-state index is 12.4. The number of aromatic amines is 1. The van der Waals surface area contributed by atoms with Gasteiger partial charge < -0.3 is 15.0 Å². The van der Waals surface area contributed by atoms with E-state index in [9.17, 15) is 19.2 Å². The summed E-state index contributed by atoms with van der Waals surface area (Å²) in [4.78, 5) is 51.6. The van der Waals surface area contributed by atoms with Crippen molar-refractivity contribution in [1.82, 2.24) is 14.5 Å². The molecule has 8 nitrogen and oxygen atoms in total. The Bertz CT molecular complexity index is 898. The zero-order chi connectivity index (χ0) is 16.6. The minimum Gasteiger partial charge on any atom is -0.480 e. The molecular formula is C15H15N3O5. The molecule has 0 saturated carbocycles. The Kier molecular flexibility index (Phi) is 3.73. The fraction of sp³-hybridized carbons (Fsp3) is 0.333. The third kappa shape index (κ3) is 2.63. The number of para-hydroxylation sites is 1. The first-order valence-corrected chi connectivity index (χ1v) is 7.23. The second-order valence-corrected chi connectivity index (χ2v) is 5.45. The van der Waals surface area contributed by atoms with E-state index in [2.05, 4.69) is 4.98 Å². The first kappa shape index (κ1) is 15.0. The number of carbonyl (C=O) groups excluding carboxylic acids is 1. The van der Waals surface area contributed by atoms with E-state index in [0.717, 1.165) is 4.57 Å². The number of amides is 1. The summed E-state index contributed by atoms with van der Waals surface area (Å²) in [5.74, 6) is -1.62. The molecule has 1 aromatic heterocycles. The number of likely N-dealkylation sites (tertiary alicyclic amines) is 1. The largest absolute Gasteiger partial charge is 0.480 e. The summed E-state index contributed by atoms with van der Waals surface area (Å²) >= 11 is 0. The van der Waals surface area contributed by atoms with Gasteiger partial charge in [-0.1, -0.05) is 12.1 Å². The standard InChI is InChI=1S/C15H15N3O5/c19-12(17-7-3-6-11(17)14(21)22)8-18-13(20)9-4-1-2-5-10(9)16-15(18)23/h1-2,4-5,11H,3,6-8H2,(H,16,23)(H,21,22)/t11-/m0/s1. The molecule has 0 bridgehead atoms. The second-order valence-electron chi connectivity index (χ2n) is 5.45. The van der Waals surface area contributed by atoms with Crippen molar-refractivity contribution in [3.63, 3.8) is 0 Å². The van der Waals surface area contributed by atoms with Gasteiger partial charge in [0, 0.05) is 6.54 Å². The zero-order valence-corrected chi connectivity index (χ0v) is 12.2. The number of nitrogens with one attached hydrogen (secondary N) is 1. The Hall–Kier alpha value is -2.90. The first-order chi connectivity index (χ1) is 11.0. The van der Waals surface area contributed by atoms with Crippen molar-refractivity contribution in [1.29, 1.82) is 0 Å². The highest BCUT2D eigenvalue weighted by Crippen LogP contribution is 2.17. The van der Waals surface area contributed by atoms with Crippen molar-refractivity contribution in [3.05, 3.63) is 45.1 Å². The van der Waals surface area contributed by atoms with Gasteiger partial charge in [0.15, 0.2) is 0 Å². The van der Waals surface area contributed by atoms with Crippen LogP contribution in [0.4, 0.5) is 0 Å². The molecule has 0 spiro atoms. The molecule has 1 aliphatic heterocycles. The monoisotopic (exact) mass is 317 g/mol. The molecule has 8 heteroatoms. The van der Waals surface area contributed by atoms with Crippen molar-refractivity contribution in [3.8, 4) is 0 Å². The van der Waals surface area contributed by atoms with Crippen LogP contribution in [0, 0.1) is 0 Å². The number of rotatable bonds is 3. The van der Waals surface area contributed by atoms with Gasteiger partial charge >= 0.3 is 11.7 Å². The zero-order valence-electron chi connectivity index (χ0n) is 12.2. The average molecular weight is 317 g/mol. The van der Waals surface area contributed by atoms with Gasteiger partial charge in [-0.2, -0.15) is 0 Å². The fourth-order valence-electron chi connectivity index (χ4n) is 2.89. The van der Waals surface area contributed by atoms with E-state index in [0.29, 0.717) is 30.3 Å². The van der Waals surface area contributed by atoms with Crippen molar-refractivity contribution < 1.29 is 14.7 Å². The summed E-state index contributed by atoms with van der Waals surface area (Å²) in [6.45, 7) is -0.154. The maximum absolute atomic E-state index is 12.4. The minimum absolute atomic E-state index is 0.302. The third-order valence-electron chi connectivity index (χ3n) is 4.04. The highest BCUT2D eigenvalue weighted by molar-refractivity contribution is 5.84. The molecule has 2 aromatic rings. The molecule has 23 heavy (non-hydrogen) atoms. The summed E-state index contributed by atoms with van der Waals surface area (Å²) in [6.07, 6.45) is 0.968. The molecule has 2 heterocycles. The molecule has 0 unspecified atom stereocenters. The van der Waals surface area contributed by atoms with Crippen LogP contribution < -0.4 is 11.2 Å². The summed E-state index contributed by atoms with van der Waals surface area (Å²) < 4.78 is 0.807. The number of H-pyrrole nitrogens is 1. The van der Waals surface area contributed by atoms with E-state index in [1.54, 1.807) is 24.3 Å². The molecule has 1 saturated heterocycles. The van der Waals surface area contributed by atoms with Gasteiger partial charge in [0.05, 0.1) is 10.9 Å². The van der Waals surface area contributed by atoms with Crippen molar-refractivity contribution in [2.75, 3.05) is 6.54 Å². The van der Waals surface area contributed by atoms with Crippen LogP contribution in [0.5, 0.6) is 0 Å². The number of benzene rings is 1. The molecule has 3 rings (SSSR count). The molecule has 0 radical (unpaired) electrons. The molecule has 1 aliphatic rings. The van der Waals surface area contributed by atoms with E-state index in [-0.39, 0.29) is 0 Å². The molecule has 2 N–H and O–H groups in total. The molecule has 1 aromatic carbocycles. The number of aromatic nitrogens is 2. The Labute approximate surface area is 130 Å². The van der Waals surface area contributed by atoms with Crippen LogP contribution >= 0.6 is 0 Å². The number of carboxylic acid groups (broad SMARTS) is 1. The SMILES string of the molecule is O=C(O)[C@@H]1CCCN1C(=O)Cn1c(=O)[nH]c2ccccc2c1=O. The Morgan fingerprint density at radius 1 is 1.26 bits per heavy atom. The summed E-state index contributed by atoms with van der Waals surface area (Å²) in [5, 5.41) is 9.42. The Morgan fingerprint density at radius 3 is 2.74 bits per heavy atom. The van der Waals surface area contributed by atoms with Crippen molar-refractivity contribution in [2.24, 2.45) is 0 Å². The van der Waals surface area contributed by atoms with Crippen molar-refractivity contribution in [2.45, 2.75) is 25.4 Å². The summed E-state index contributed by atoms with van der Waals surface area (Å²) in [6, 6.07) is 5.62. The van der Waals surface area contributed by atoms with E-state index >= 15 is 0 Å². The van der Waals surface area contributed by atoms with Crippen LogP contribution in [-0.2, 0) is 16.1 Å². The van der Waals surface area contributed by atoms with Crippen LogP contribution in [0.2, 0.25) is 0 Å². The normalized spacial score (nSPS) is 17.6. The van der Waals surface area contributed by atoms with Gasteiger partial charge in [-0.05, 0) is 25.0 Å². The quantitative estimate of drug-likeness (QED) is 0.811. The van der Waals surface area contributed by atoms with E-state index in [1.165, 1.54) is 4.90 Å². The summed E-state index contributed by atoms with van der Waals surface area (Å²) in [7, 11) is 0. The van der Waals surface area contributed by atoms with Gasteiger partial charge in [-0.3, -0.25) is 14.2 Å². The van der Waals surface area contributed by atoms with Gasteiger partial charge in [0.1, 0.15) is 12.6 Å².